The third kappa shape index (κ3) is 3.25. The Hall–Kier alpha value is -2.93. The van der Waals surface area contributed by atoms with Crippen molar-refractivity contribution in [3.63, 3.8) is 0 Å². The molecule has 3 aromatic rings. The summed E-state index contributed by atoms with van der Waals surface area (Å²) in [6, 6.07) is 7.96. The maximum Gasteiger partial charge on any atom is 0.227 e. The Morgan fingerprint density at radius 2 is 2.15 bits per heavy atom. The summed E-state index contributed by atoms with van der Waals surface area (Å²) >= 11 is 0. The van der Waals surface area contributed by atoms with Crippen LogP contribution in [0.5, 0.6) is 11.5 Å². The number of amides is 1. The minimum absolute atomic E-state index is 0.0730. The molecule has 4 rings (SSSR count). The largest absolute Gasteiger partial charge is 0.453 e. The molecule has 0 bridgehead atoms. The van der Waals surface area contributed by atoms with Crippen molar-refractivity contribution in [2.24, 2.45) is 11.7 Å². The van der Waals surface area contributed by atoms with E-state index in [-0.39, 0.29) is 23.6 Å². The van der Waals surface area contributed by atoms with Gasteiger partial charge in [-0.1, -0.05) is 0 Å². The number of rotatable bonds is 4. The zero-order valence-corrected chi connectivity index (χ0v) is 14.0. The van der Waals surface area contributed by atoms with Crippen molar-refractivity contribution in [1.82, 2.24) is 9.97 Å². The summed E-state index contributed by atoms with van der Waals surface area (Å²) in [5.41, 5.74) is 6.91. The number of carbonyl (C=O) groups excluding carboxylic acids is 1. The zero-order chi connectivity index (χ0) is 18.1. The normalized spacial score (nSPS) is 19.6. The van der Waals surface area contributed by atoms with Gasteiger partial charge in [0, 0.05) is 36.1 Å². The van der Waals surface area contributed by atoms with Crippen LogP contribution in [0.1, 0.15) is 19.3 Å². The molecule has 0 spiro atoms. The lowest BCUT2D eigenvalue weighted by Gasteiger charge is -2.12. The average Bonchev–Trinajstić information content (AvgIpc) is 3.26. The van der Waals surface area contributed by atoms with Crippen molar-refractivity contribution in [1.29, 1.82) is 0 Å². The molecule has 2 atom stereocenters. The van der Waals surface area contributed by atoms with E-state index >= 15 is 0 Å². The number of aromatic nitrogens is 2. The van der Waals surface area contributed by atoms with Crippen LogP contribution >= 0.6 is 0 Å². The van der Waals surface area contributed by atoms with Crippen LogP contribution in [-0.2, 0) is 4.79 Å². The van der Waals surface area contributed by atoms with E-state index < -0.39 is 5.82 Å². The molecule has 7 heteroatoms. The predicted octanol–water partition coefficient (Wildman–Crippen LogP) is 3.56. The second kappa shape index (κ2) is 6.76. The van der Waals surface area contributed by atoms with Crippen molar-refractivity contribution >= 4 is 22.6 Å². The van der Waals surface area contributed by atoms with Gasteiger partial charge in [-0.05, 0) is 43.5 Å². The Morgan fingerprint density at radius 1 is 1.27 bits per heavy atom. The Labute approximate surface area is 149 Å². The molecular weight excluding hydrogens is 335 g/mol. The highest BCUT2D eigenvalue weighted by atomic mass is 19.1. The number of fused-ring (bicyclic) bond motifs is 1. The summed E-state index contributed by atoms with van der Waals surface area (Å²) < 4.78 is 20.1. The Bertz CT molecular complexity index is 956. The molecule has 1 aliphatic rings. The SMILES string of the molecule is NC1CCC(C(=O)Nc2ccc(Oc3ccnc4[nH]ccc34)c(F)c2)C1. The maximum atomic E-state index is 14.4. The number of pyridine rings is 1. The minimum atomic E-state index is -0.550. The molecule has 0 saturated heterocycles. The summed E-state index contributed by atoms with van der Waals surface area (Å²) in [4.78, 5) is 19.4. The lowest BCUT2D eigenvalue weighted by Crippen LogP contribution is -2.23. The van der Waals surface area contributed by atoms with Crippen LogP contribution in [0.15, 0.2) is 42.7 Å². The Morgan fingerprint density at radius 3 is 2.92 bits per heavy atom. The highest BCUT2D eigenvalue weighted by molar-refractivity contribution is 5.92. The van der Waals surface area contributed by atoms with Crippen LogP contribution in [0.4, 0.5) is 10.1 Å². The second-order valence-electron chi connectivity index (χ2n) is 6.56. The lowest BCUT2D eigenvalue weighted by atomic mass is 10.1. The lowest BCUT2D eigenvalue weighted by molar-refractivity contribution is -0.119. The third-order valence-corrected chi connectivity index (χ3v) is 4.68. The molecule has 2 unspecified atom stereocenters. The molecule has 0 aliphatic heterocycles. The van der Waals surface area contributed by atoms with Gasteiger partial charge in [0.2, 0.25) is 5.91 Å². The number of ether oxygens (including phenoxy) is 1. The van der Waals surface area contributed by atoms with Gasteiger partial charge >= 0.3 is 0 Å². The molecule has 1 aliphatic carbocycles. The molecule has 2 heterocycles. The first kappa shape index (κ1) is 16.5. The van der Waals surface area contributed by atoms with E-state index in [4.69, 9.17) is 10.5 Å². The van der Waals surface area contributed by atoms with Gasteiger partial charge in [-0.25, -0.2) is 9.37 Å². The number of benzene rings is 1. The van der Waals surface area contributed by atoms with Gasteiger partial charge in [0.1, 0.15) is 11.4 Å². The van der Waals surface area contributed by atoms with Gasteiger partial charge in [0.05, 0.1) is 5.39 Å². The fourth-order valence-corrected chi connectivity index (χ4v) is 3.30. The monoisotopic (exact) mass is 354 g/mol. The van der Waals surface area contributed by atoms with Gasteiger partial charge < -0.3 is 20.8 Å². The number of nitrogens with two attached hydrogens (primary N) is 1. The van der Waals surface area contributed by atoms with E-state index in [1.807, 2.05) is 6.07 Å². The van der Waals surface area contributed by atoms with E-state index in [1.54, 1.807) is 24.5 Å². The topological polar surface area (TPSA) is 93.0 Å². The van der Waals surface area contributed by atoms with Crippen LogP contribution in [0.2, 0.25) is 0 Å². The maximum absolute atomic E-state index is 14.4. The molecule has 134 valence electrons. The van der Waals surface area contributed by atoms with Gasteiger partial charge in [-0.2, -0.15) is 0 Å². The number of aromatic amines is 1. The highest BCUT2D eigenvalue weighted by Crippen LogP contribution is 2.31. The van der Waals surface area contributed by atoms with Crippen molar-refractivity contribution in [3.05, 3.63) is 48.5 Å². The zero-order valence-electron chi connectivity index (χ0n) is 14.0. The molecule has 26 heavy (non-hydrogen) atoms. The van der Waals surface area contributed by atoms with Gasteiger partial charge in [0.15, 0.2) is 11.6 Å². The van der Waals surface area contributed by atoms with E-state index in [9.17, 15) is 9.18 Å². The first-order chi connectivity index (χ1) is 12.6. The van der Waals surface area contributed by atoms with Gasteiger partial charge in [0.25, 0.3) is 0 Å². The molecule has 1 saturated carbocycles. The average molecular weight is 354 g/mol. The van der Waals surface area contributed by atoms with E-state index in [0.717, 1.165) is 18.2 Å². The predicted molar refractivity (Wildman–Crippen MR) is 96.5 cm³/mol. The van der Waals surface area contributed by atoms with E-state index in [0.29, 0.717) is 23.5 Å². The van der Waals surface area contributed by atoms with Crippen LogP contribution < -0.4 is 15.8 Å². The summed E-state index contributed by atoms with van der Waals surface area (Å²) in [6.45, 7) is 0. The van der Waals surface area contributed by atoms with Crippen LogP contribution in [0, 0.1) is 11.7 Å². The van der Waals surface area contributed by atoms with Gasteiger partial charge in [-0.3, -0.25) is 4.79 Å². The van der Waals surface area contributed by atoms with Crippen LogP contribution in [0.25, 0.3) is 11.0 Å². The van der Waals surface area contributed by atoms with Crippen molar-refractivity contribution in [2.45, 2.75) is 25.3 Å². The summed E-state index contributed by atoms with van der Waals surface area (Å²) in [7, 11) is 0. The molecule has 6 nitrogen and oxygen atoms in total. The van der Waals surface area contributed by atoms with Crippen molar-refractivity contribution in [3.8, 4) is 11.5 Å². The standard InChI is InChI=1S/C19H19FN4O2/c20-15-10-13(24-19(25)11-1-2-12(21)9-11)3-4-17(15)26-16-6-8-23-18-14(16)5-7-22-18/h3-8,10-12H,1-2,9,21H2,(H,22,23)(H,24,25). The third-order valence-electron chi connectivity index (χ3n) is 4.68. The number of hydrogen-bond donors (Lipinski definition) is 3. The fourth-order valence-electron chi connectivity index (χ4n) is 3.30. The second-order valence-corrected chi connectivity index (χ2v) is 6.56. The number of nitrogens with one attached hydrogen (secondary N) is 2. The van der Waals surface area contributed by atoms with E-state index in [1.165, 1.54) is 12.1 Å². The first-order valence-corrected chi connectivity index (χ1v) is 8.56. The smallest absolute Gasteiger partial charge is 0.227 e. The summed E-state index contributed by atoms with van der Waals surface area (Å²) in [5, 5.41) is 3.52. The van der Waals surface area contributed by atoms with Crippen molar-refractivity contribution < 1.29 is 13.9 Å². The van der Waals surface area contributed by atoms with Crippen LogP contribution in [0.3, 0.4) is 0 Å². The molecule has 1 fully saturated rings. The quantitative estimate of drug-likeness (QED) is 0.668. The first-order valence-electron chi connectivity index (χ1n) is 8.56. The Balaban J connectivity index is 1.49. The summed E-state index contributed by atoms with van der Waals surface area (Å²) in [5.74, 6) is -0.185. The molecule has 4 N–H and O–H groups in total. The Kier molecular flexibility index (Phi) is 4.30. The highest BCUT2D eigenvalue weighted by Gasteiger charge is 2.27. The number of H-pyrrole nitrogens is 1. The molecule has 1 aromatic carbocycles. The number of anilines is 1. The van der Waals surface area contributed by atoms with Gasteiger partial charge in [-0.15, -0.1) is 0 Å². The minimum Gasteiger partial charge on any atom is -0.453 e. The molecular formula is C19H19FN4O2. The fraction of sp³-hybridized carbons (Fsp3) is 0.263. The number of halogens is 1. The molecule has 1 amide bonds. The summed E-state index contributed by atoms with van der Waals surface area (Å²) in [6.07, 6.45) is 5.62. The molecule has 2 aromatic heterocycles. The number of hydrogen-bond acceptors (Lipinski definition) is 4. The van der Waals surface area contributed by atoms with Crippen LogP contribution in [-0.4, -0.2) is 21.9 Å². The molecule has 0 radical (unpaired) electrons. The number of nitrogens with zero attached hydrogens (tertiary/aromatic N) is 1. The van der Waals surface area contributed by atoms with Crippen molar-refractivity contribution in [2.75, 3.05) is 5.32 Å². The van der Waals surface area contributed by atoms with E-state index in [2.05, 4.69) is 15.3 Å². The number of carbonyl (C=O) groups is 1.